The van der Waals surface area contributed by atoms with Gasteiger partial charge in [0, 0.05) is 10.8 Å². The van der Waals surface area contributed by atoms with Crippen molar-refractivity contribution in [3.8, 4) is 17.3 Å². The molecule has 3 nitrogen and oxygen atoms in total. The molecule has 0 atom stereocenters. The van der Waals surface area contributed by atoms with Gasteiger partial charge in [0.2, 0.25) is 0 Å². The SMILES string of the molecule is Cc1ccc(-c2csc3nc(C(C)(C)C)c(CC#N)n23)cc1C. The third kappa shape index (κ3) is 2.66. The molecule has 0 aliphatic carbocycles. The Balaban J connectivity index is 2.29. The van der Waals surface area contributed by atoms with E-state index in [1.54, 1.807) is 11.3 Å². The minimum absolute atomic E-state index is 0.0710. The molecule has 0 spiro atoms. The van der Waals surface area contributed by atoms with Crippen LogP contribution in [0.1, 0.15) is 43.3 Å². The molecule has 0 aliphatic heterocycles. The summed E-state index contributed by atoms with van der Waals surface area (Å²) in [5.74, 6) is 0. The van der Waals surface area contributed by atoms with Gasteiger partial charge in [-0.1, -0.05) is 32.9 Å². The van der Waals surface area contributed by atoms with E-state index in [2.05, 4.69) is 68.7 Å². The molecule has 0 saturated heterocycles. The second-order valence-electron chi connectivity index (χ2n) is 7.03. The number of nitrogens with zero attached hydrogens (tertiary/aromatic N) is 3. The summed E-state index contributed by atoms with van der Waals surface area (Å²) in [6.45, 7) is 10.7. The van der Waals surface area contributed by atoms with Crippen LogP contribution in [0.4, 0.5) is 0 Å². The predicted molar refractivity (Wildman–Crippen MR) is 96.0 cm³/mol. The molecule has 3 aromatic rings. The molecule has 23 heavy (non-hydrogen) atoms. The van der Waals surface area contributed by atoms with Crippen LogP contribution in [0.3, 0.4) is 0 Å². The van der Waals surface area contributed by atoms with E-state index >= 15 is 0 Å². The number of hydrogen-bond donors (Lipinski definition) is 0. The Morgan fingerprint density at radius 3 is 2.57 bits per heavy atom. The summed E-state index contributed by atoms with van der Waals surface area (Å²) in [5, 5.41) is 11.4. The maximum Gasteiger partial charge on any atom is 0.194 e. The first-order valence-corrected chi connectivity index (χ1v) is 8.64. The molecule has 4 heteroatoms. The van der Waals surface area contributed by atoms with Crippen LogP contribution in [0, 0.1) is 25.2 Å². The second-order valence-corrected chi connectivity index (χ2v) is 7.87. The number of aryl methyl sites for hydroxylation is 2. The smallest absolute Gasteiger partial charge is 0.194 e. The molecule has 118 valence electrons. The largest absolute Gasteiger partial charge is 0.286 e. The third-order valence-electron chi connectivity index (χ3n) is 4.22. The van der Waals surface area contributed by atoms with Crippen LogP contribution in [-0.2, 0) is 11.8 Å². The topological polar surface area (TPSA) is 41.1 Å². The number of rotatable bonds is 2. The molecule has 0 radical (unpaired) electrons. The Hall–Kier alpha value is -2.12. The molecule has 0 amide bonds. The first-order valence-electron chi connectivity index (χ1n) is 7.77. The monoisotopic (exact) mass is 323 g/mol. The predicted octanol–water partition coefficient (Wildman–Crippen LogP) is 5.04. The highest BCUT2D eigenvalue weighted by Crippen LogP contribution is 2.34. The van der Waals surface area contributed by atoms with Gasteiger partial charge in [-0.05, 0) is 36.6 Å². The Morgan fingerprint density at radius 2 is 1.96 bits per heavy atom. The minimum Gasteiger partial charge on any atom is -0.286 e. The van der Waals surface area contributed by atoms with Crippen molar-refractivity contribution in [3.05, 3.63) is 46.1 Å². The van der Waals surface area contributed by atoms with Crippen molar-refractivity contribution in [2.24, 2.45) is 0 Å². The lowest BCUT2D eigenvalue weighted by Gasteiger charge is -2.17. The fraction of sp³-hybridized carbons (Fsp3) is 0.368. The van der Waals surface area contributed by atoms with Crippen molar-refractivity contribution >= 4 is 16.3 Å². The van der Waals surface area contributed by atoms with Crippen LogP contribution in [0.2, 0.25) is 0 Å². The molecule has 0 aliphatic rings. The minimum atomic E-state index is -0.0710. The zero-order chi connectivity index (χ0) is 16.8. The lowest BCUT2D eigenvalue weighted by atomic mass is 9.90. The molecule has 0 N–H and O–H groups in total. The summed E-state index contributed by atoms with van der Waals surface area (Å²) in [7, 11) is 0. The fourth-order valence-corrected chi connectivity index (χ4v) is 3.77. The first kappa shape index (κ1) is 15.8. The average molecular weight is 323 g/mol. The van der Waals surface area contributed by atoms with Crippen LogP contribution in [0.15, 0.2) is 23.6 Å². The molecule has 2 heterocycles. The molecule has 0 saturated carbocycles. The lowest BCUT2D eigenvalue weighted by Crippen LogP contribution is -2.15. The standard InChI is InChI=1S/C19H21N3S/c1-12-6-7-14(10-13(12)2)16-11-23-18-21-17(19(3,4)5)15(8-9-20)22(16)18/h6-7,10-11H,8H2,1-5H3. The molecular weight excluding hydrogens is 302 g/mol. The number of imidazole rings is 1. The lowest BCUT2D eigenvalue weighted by molar-refractivity contribution is 0.566. The van der Waals surface area contributed by atoms with Gasteiger partial charge in [-0.2, -0.15) is 5.26 Å². The maximum atomic E-state index is 9.28. The zero-order valence-electron chi connectivity index (χ0n) is 14.3. The van der Waals surface area contributed by atoms with Gasteiger partial charge in [0.05, 0.1) is 29.6 Å². The van der Waals surface area contributed by atoms with Gasteiger partial charge in [0.1, 0.15) is 0 Å². The van der Waals surface area contributed by atoms with Crippen molar-refractivity contribution in [1.29, 1.82) is 5.26 Å². The van der Waals surface area contributed by atoms with Crippen LogP contribution < -0.4 is 0 Å². The quantitative estimate of drug-likeness (QED) is 0.662. The highest BCUT2D eigenvalue weighted by atomic mass is 32.1. The van der Waals surface area contributed by atoms with Crippen LogP contribution in [0.25, 0.3) is 16.2 Å². The Morgan fingerprint density at radius 1 is 1.22 bits per heavy atom. The van der Waals surface area contributed by atoms with E-state index in [9.17, 15) is 5.26 Å². The Bertz CT molecular complexity index is 917. The van der Waals surface area contributed by atoms with Crippen LogP contribution >= 0.6 is 11.3 Å². The Kier molecular flexibility index (Phi) is 3.77. The van der Waals surface area contributed by atoms with Crippen LogP contribution in [-0.4, -0.2) is 9.38 Å². The van der Waals surface area contributed by atoms with Crippen molar-refractivity contribution in [2.75, 3.05) is 0 Å². The molecule has 0 unspecified atom stereocenters. The van der Waals surface area contributed by atoms with Gasteiger partial charge in [-0.3, -0.25) is 4.40 Å². The fourth-order valence-electron chi connectivity index (χ4n) is 2.86. The van der Waals surface area contributed by atoms with Crippen LogP contribution in [0.5, 0.6) is 0 Å². The van der Waals surface area contributed by atoms with E-state index < -0.39 is 0 Å². The highest BCUT2D eigenvalue weighted by molar-refractivity contribution is 7.15. The van der Waals surface area contributed by atoms with E-state index in [-0.39, 0.29) is 5.41 Å². The van der Waals surface area contributed by atoms with Gasteiger partial charge in [-0.25, -0.2) is 4.98 Å². The van der Waals surface area contributed by atoms with Crippen molar-refractivity contribution < 1.29 is 0 Å². The average Bonchev–Trinajstić information content (AvgIpc) is 3.02. The summed E-state index contributed by atoms with van der Waals surface area (Å²) >= 11 is 1.64. The summed E-state index contributed by atoms with van der Waals surface area (Å²) in [4.78, 5) is 5.79. The molecule has 2 aromatic heterocycles. The van der Waals surface area contributed by atoms with Crippen molar-refractivity contribution in [2.45, 2.75) is 46.5 Å². The summed E-state index contributed by atoms with van der Waals surface area (Å²) in [6.07, 6.45) is 0.377. The number of fused-ring (bicyclic) bond motifs is 1. The van der Waals surface area contributed by atoms with E-state index in [1.807, 2.05) is 0 Å². The van der Waals surface area contributed by atoms with Gasteiger partial charge < -0.3 is 0 Å². The van der Waals surface area contributed by atoms with E-state index in [1.165, 1.54) is 16.7 Å². The summed E-state index contributed by atoms with van der Waals surface area (Å²) in [5.41, 5.74) is 6.84. The maximum absolute atomic E-state index is 9.28. The van der Waals surface area contributed by atoms with Gasteiger partial charge >= 0.3 is 0 Å². The molecular formula is C19H21N3S. The molecule has 0 bridgehead atoms. The third-order valence-corrected chi connectivity index (χ3v) is 5.04. The first-order chi connectivity index (χ1) is 10.8. The zero-order valence-corrected chi connectivity index (χ0v) is 15.1. The number of aromatic nitrogens is 2. The number of benzene rings is 1. The highest BCUT2D eigenvalue weighted by Gasteiger charge is 2.25. The van der Waals surface area contributed by atoms with Crippen molar-refractivity contribution in [1.82, 2.24) is 9.38 Å². The second kappa shape index (κ2) is 5.50. The van der Waals surface area contributed by atoms with E-state index in [0.29, 0.717) is 6.42 Å². The Labute approximate surface area is 141 Å². The van der Waals surface area contributed by atoms with Gasteiger partial charge in [0.15, 0.2) is 4.96 Å². The van der Waals surface area contributed by atoms with Gasteiger partial charge in [0.25, 0.3) is 0 Å². The van der Waals surface area contributed by atoms with E-state index in [0.717, 1.165) is 22.0 Å². The number of hydrogen-bond acceptors (Lipinski definition) is 3. The number of thiazole rings is 1. The summed E-state index contributed by atoms with van der Waals surface area (Å²) < 4.78 is 2.17. The molecule has 3 rings (SSSR count). The molecule has 0 fully saturated rings. The van der Waals surface area contributed by atoms with E-state index in [4.69, 9.17) is 4.98 Å². The molecule has 1 aromatic carbocycles. The van der Waals surface area contributed by atoms with Crippen molar-refractivity contribution in [3.63, 3.8) is 0 Å². The number of nitriles is 1. The summed E-state index contributed by atoms with van der Waals surface area (Å²) in [6, 6.07) is 8.82. The van der Waals surface area contributed by atoms with Gasteiger partial charge in [-0.15, -0.1) is 11.3 Å². The normalized spacial score (nSPS) is 11.8.